The van der Waals surface area contributed by atoms with Crippen LogP contribution in [0.15, 0.2) is 83.5 Å². The highest BCUT2D eigenvalue weighted by molar-refractivity contribution is 7.92. The zero-order chi connectivity index (χ0) is 26.3. The van der Waals surface area contributed by atoms with E-state index >= 15 is 0 Å². The summed E-state index contributed by atoms with van der Waals surface area (Å²) in [4.78, 5) is 7.61. The molecular formula is C29H26FN3O4S. The Morgan fingerprint density at radius 2 is 1.87 bits per heavy atom. The molecule has 2 aromatic heterocycles. The van der Waals surface area contributed by atoms with Crippen LogP contribution in [0.25, 0.3) is 33.7 Å². The van der Waals surface area contributed by atoms with Gasteiger partial charge in [0.05, 0.1) is 24.1 Å². The Balaban J connectivity index is 1.47. The molecule has 1 N–H and O–H groups in total. The van der Waals surface area contributed by atoms with Gasteiger partial charge in [-0.05, 0) is 66.8 Å². The second kappa shape index (κ2) is 9.64. The van der Waals surface area contributed by atoms with Gasteiger partial charge in [0.1, 0.15) is 35.3 Å². The fourth-order valence-corrected chi connectivity index (χ4v) is 5.68. The molecule has 6 rings (SSSR count). The predicted molar refractivity (Wildman–Crippen MR) is 145 cm³/mol. The van der Waals surface area contributed by atoms with Crippen LogP contribution in [-0.4, -0.2) is 37.8 Å². The third kappa shape index (κ3) is 4.77. The van der Waals surface area contributed by atoms with E-state index in [4.69, 9.17) is 9.15 Å². The van der Waals surface area contributed by atoms with Crippen molar-refractivity contribution in [1.82, 2.24) is 9.97 Å². The molecule has 5 aromatic rings. The number of para-hydroxylation sites is 1. The summed E-state index contributed by atoms with van der Waals surface area (Å²) in [6, 6.07) is 19.2. The number of ether oxygens (including phenoxy) is 1. The van der Waals surface area contributed by atoms with Gasteiger partial charge in [0, 0.05) is 29.4 Å². The van der Waals surface area contributed by atoms with E-state index in [0.29, 0.717) is 34.2 Å². The number of sulfonamides is 1. The van der Waals surface area contributed by atoms with E-state index in [1.807, 2.05) is 36.4 Å². The molecule has 0 spiro atoms. The van der Waals surface area contributed by atoms with Crippen molar-refractivity contribution >= 4 is 26.7 Å². The summed E-state index contributed by atoms with van der Waals surface area (Å²) in [7, 11) is -3.62. The average molecular weight is 532 g/mol. The number of hydrogen-bond acceptors (Lipinski definition) is 5. The lowest BCUT2D eigenvalue weighted by atomic mass is 10.0. The number of hydrogen-bond donors (Lipinski definition) is 1. The van der Waals surface area contributed by atoms with E-state index in [2.05, 4.69) is 9.97 Å². The van der Waals surface area contributed by atoms with Crippen LogP contribution < -0.4 is 9.04 Å². The Labute approximate surface area is 219 Å². The van der Waals surface area contributed by atoms with E-state index in [9.17, 15) is 12.8 Å². The molecule has 0 unspecified atom stereocenters. The van der Waals surface area contributed by atoms with Crippen LogP contribution in [0, 0.1) is 5.82 Å². The molecule has 1 fully saturated rings. The maximum atomic E-state index is 13.7. The molecule has 2 heterocycles. The van der Waals surface area contributed by atoms with E-state index < -0.39 is 10.0 Å². The number of rotatable bonds is 9. The summed E-state index contributed by atoms with van der Waals surface area (Å²) in [5.74, 6) is 1.74. The number of benzene rings is 3. The van der Waals surface area contributed by atoms with E-state index in [1.54, 1.807) is 30.6 Å². The molecule has 0 radical (unpaired) electrons. The first-order valence-corrected chi connectivity index (χ1v) is 14.2. The molecule has 0 atom stereocenters. The molecule has 3 aromatic carbocycles. The fraction of sp³-hybridized carbons (Fsp3) is 0.207. The Morgan fingerprint density at radius 1 is 1.11 bits per heavy atom. The molecule has 1 aliphatic rings. The van der Waals surface area contributed by atoms with Gasteiger partial charge >= 0.3 is 0 Å². The summed E-state index contributed by atoms with van der Waals surface area (Å²) >= 11 is 0. The van der Waals surface area contributed by atoms with Gasteiger partial charge in [-0.1, -0.05) is 18.2 Å². The number of furan rings is 1. The maximum absolute atomic E-state index is 13.7. The van der Waals surface area contributed by atoms with Gasteiger partial charge in [0.2, 0.25) is 10.0 Å². The Hall–Kier alpha value is -4.11. The Morgan fingerprint density at radius 3 is 2.53 bits per heavy atom. The second-order valence-corrected chi connectivity index (χ2v) is 11.3. The van der Waals surface area contributed by atoms with Crippen molar-refractivity contribution in [1.29, 1.82) is 0 Å². The van der Waals surface area contributed by atoms with Crippen molar-refractivity contribution in [2.24, 2.45) is 0 Å². The van der Waals surface area contributed by atoms with Crippen LogP contribution in [0.1, 0.15) is 24.3 Å². The topological polar surface area (TPSA) is 88.4 Å². The fourth-order valence-electron chi connectivity index (χ4n) is 4.76. The van der Waals surface area contributed by atoms with Crippen molar-refractivity contribution in [2.45, 2.75) is 18.8 Å². The third-order valence-corrected chi connectivity index (χ3v) is 7.85. The minimum atomic E-state index is -3.62. The number of anilines is 1. The van der Waals surface area contributed by atoms with Crippen LogP contribution in [0.4, 0.5) is 10.1 Å². The van der Waals surface area contributed by atoms with Crippen molar-refractivity contribution in [3.63, 3.8) is 0 Å². The first kappa shape index (κ1) is 24.2. The van der Waals surface area contributed by atoms with Gasteiger partial charge in [-0.15, -0.1) is 0 Å². The van der Waals surface area contributed by atoms with Crippen molar-refractivity contribution in [2.75, 3.05) is 23.7 Å². The predicted octanol–water partition coefficient (Wildman–Crippen LogP) is 6.35. The molecule has 9 heteroatoms. The van der Waals surface area contributed by atoms with E-state index in [-0.39, 0.29) is 24.9 Å². The van der Waals surface area contributed by atoms with E-state index in [1.165, 1.54) is 22.7 Å². The minimum absolute atomic E-state index is 0.148. The van der Waals surface area contributed by atoms with Crippen molar-refractivity contribution in [3.05, 3.63) is 90.5 Å². The molecular weight excluding hydrogens is 505 g/mol. The van der Waals surface area contributed by atoms with Gasteiger partial charge < -0.3 is 14.1 Å². The number of H-pyrrole nitrogens is 1. The zero-order valence-electron chi connectivity index (χ0n) is 20.7. The van der Waals surface area contributed by atoms with Crippen LogP contribution >= 0.6 is 0 Å². The molecule has 194 valence electrons. The first-order valence-electron chi connectivity index (χ1n) is 12.4. The van der Waals surface area contributed by atoms with Crippen molar-refractivity contribution < 1.29 is 22.0 Å². The molecule has 1 aliphatic carbocycles. The number of halogens is 1. The van der Waals surface area contributed by atoms with Crippen LogP contribution in [0.3, 0.4) is 0 Å². The van der Waals surface area contributed by atoms with Gasteiger partial charge in [0.25, 0.3) is 0 Å². The largest absolute Gasteiger partial charge is 0.492 e. The highest BCUT2D eigenvalue weighted by atomic mass is 32.2. The summed E-state index contributed by atoms with van der Waals surface area (Å²) in [6.07, 6.45) is 6.56. The number of nitrogens with one attached hydrogen (secondary N) is 1. The van der Waals surface area contributed by atoms with Gasteiger partial charge in [-0.25, -0.2) is 17.8 Å². The quantitative estimate of drug-likeness (QED) is 0.239. The number of aromatic amines is 1. The third-order valence-electron chi connectivity index (χ3n) is 6.67. The average Bonchev–Trinajstić information content (AvgIpc) is 3.47. The number of imidazole rings is 1. The van der Waals surface area contributed by atoms with Crippen LogP contribution in [-0.2, 0) is 10.0 Å². The molecule has 38 heavy (non-hydrogen) atoms. The van der Waals surface area contributed by atoms with Crippen LogP contribution in [0.2, 0.25) is 0 Å². The highest BCUT2D eigenvalue weighted by Crippen LogP contribution is 2.49. The lowest BCUT2D eigenvalue weighted by Gasteiger charge is -2.25. The van der Waals surface area contributed by atoms with Gasteiger partial charge in [0.15, 0.2) is 0 Å². The molecule has 0 bridgehead atoms. The van der Waals surface area contributed by atoms with Gasteiger partial charge in [-0.2, -0.15) is 0 Å². The first-order chi connectivity index (χ1) is 18.4. The Kier molecular flexibility index (Phi) is 6.15. The maximum Gasteiger partial charge on any atom is 0.232 e. The molecule has 0 amide bonds. The SMILES string of the molecule is CS(=O)(=O)N(CCOc1ccccc1)c1cc2oc(-c3ccc(F)cc3)c(-c3ncc[nH]3)c2cc1C1CC1. The Bertz CT molecular complexity index is 1680. The van der Waals surface area contributed by atoms with Gasteiger partial charge in [-0.3, -0.25) is 4.31 Å². The molecule has 0 aliphatic heterocycles. The number of aromatic nitrogens is 2. The standard InChI is InChI=1S/C29H26FN3O4S/c1-38(34,35)33(15-16-36-22-5-3-2-4-6-22)25-18-26-24(17-23(25)19-7-8-19)27(29-31-13-14-32-29)28(37-26)20-9-11-21(30)12-10-20/h2-6,9-14,17-19H,7-8,15-16H2,1H3,(H,31,32). The summed E-state index contributed by atoms with van der Waals surface area (Å²) < 4.78 is 53.3. The van der Waals surface area contributed by atoms with E-state index in [0.717, 1.165) is 29.4 Å². The lowest BCUT2D eigenvalue weighted by Crippen LogP contribution is -2.34. The summed E-state index contributed by atoms with van der Waals surface area (Å²) in [6.45, 7) is 0.339. The zero-order valence-corrected chi connectivity index (χ0v) is 21.5. The molecule has 7 nitrogen and oxygen atoms in total. The van der Waals surface area contributed by atoms with Crippen molar-refractivity contribution in [3.8, 4) is 28.5 Å². The minimum Gasteiger partial charge on any atom is -0.492 e. The normalized spacial score (nSPS) is 13.6. The summed E-state index contributed by atoms with van der Waals surface area (Å²) in [5, 5.41) is 0.818. The highest BCUT2D eigenvalue weighted by Gasteiger charge is 2.32. The lowest BCUT2D eigenvalue weighted by molar-refractivity contribution is 0.328. The smallest absolute Gasteiger partial charge is 0.232 e. The number of fused-ring (bicyclic) bond motifs is 1. The number of nitrogens with zero attached hydrogens (tertiary/aromatic N) is 2. The molecule has 1 saturated carbocycles. The van der Waals surface area contributed by atoms with Crippen LogP contribution in [0.5, 0.6) is 5.75 Å². The summed E-state index contributed by atoms with van der Waals surface area (Å²) in [5.41, 5.74) is 3.50. The molecule has 0 saturated heterocycles. The monoisotopic (exact) mass is 531 g/mol. The second-order valence-electron chi connectivity index (χ2n) is 9.43.